The Kier molecular flexibility index (Phi) is 5.14. The van der Waals surface area contributed by atoms with E-state index in [1.165, 1.54) is 0 Å². The Bertz CT molecular complexity index is 209. The second-order valence-corrected chi connectivity index (χ2v) is 1.58. The lowest BCUT2D eigenvalue weighted by Crippen LogP contribution is -1.98. The standard InChI is InChI=1S/C8H8O2/c1-2-8(10)6-4-3-5-7-9/h7-8,10H,2H2,1H3/t8-/m0/s1. The lowest BCUT2D eigenvalue weighted by atomic mass is 10.3. The summed E-state index contributed by atoms with van der Waals surface area (Å²) in [5.41, 5.74) is 0. The molecule has 0 aliphatic carbocycles. The van der Waals surface area contributed by atoms with E-state index in [1.54, 1.807) is 0 Å². The third kappa shape index (κ3) is 4.90. The van der Waals surface area contributed by atoms with E-state index in [0.717, 1.165) is 0 Å². The van der Waals surface area contributed by atoms with E-state index in [2.05, 4.69) is 23.7 Å². The zero-order valence-corrected chi connectivity index (χ0v) is 5.72. The van der Waals surface area contributed by atoms with Gasteiger partial charge in [0.1, 0.15) is 6.10 Å². The van der Waals surface area contributed by atoms with Gasteiger partial charge in [0.05, 0.1) is 0 Å². The summed E-state index contributed by atoms with van der Waals surface area (Å²) in [5.74, 6) is 9.16. The van der Waals surface area contributed by atoms with Crippen molar-refractivity contribution in [2.75, 3.05) is 0 Å². The van der Waals surface area contributed by atoms with Crippen LogP contribution in [0.3, 0.4) is 0 Å². The fraction of sp³-hybridized carbons (Fsp3) is 0.375. The maximum atomic E-state index is 9.62. The van der Waals surface area contributed by atoms with Gasteiger partial charge in [0.2, 0.25) is 0 Å². The quantitative estimate of drug-likeness (QED) is 0.406. The largest absolute Gasteiger partial charge is 0.380 e. The molecule has 2 heteroatoms. The molecule has 2 nitrogen and oxygen atoms in total. The second-order valence-electron chi connectivity index (χ2n) is 1.58. The highest BCUT2D eigenvalue weighted by molar-refractivity contribution is 5.73. The van der Waals surface area contributed by atoms with Gasteiger partial charge >= 0.3 is 0 Å². The summed E-state index contributed by atoms with van der Waals surface area (Å²) in [5, 5.41) is 8.83. The van der Waals surface area contributed by atoms with E-state index in [-0.39, 0.29) is 0 Å². The van der Waals surface area contributed by atoms with Gasteiger partial charge in [0, 0.05) is 0 Å². The maximum absolute atomic E-state index is 9.62. The normalized spacial score (nSPS) is 9.80. The zero-order chi connectivity index (χ0) is 7.82. The van der Waals surface area contributed by atoms with Crippen LogP contribution in [0.25, 0.3) is 0 Å². The molecule has 0 fully saturated rings. The van der Waals surface area contributed by atoms with Gasteiger partial charge in [-0.2, -0.15) is 0 Å². The van der Waals surface area contributed by atoms with Crippen molar-refractivity contribution >= 4 is 6.29 Å². The predicted octanol–water partition coefficient (Wildman–Crippen LogP) is -0.0370. The van der Waals surface area contributed by atoms with Gasteiger partial charge in [-0.3, -0.25) is 4.79 Å². The first kappa shape index (κ1) is 8.75. The number of carbonyl (C=O) groups excluding carboxylic acids is 1. The molecule has 0 aromatic carbocycles. The first-order chi connectivity index (χ1) is 4.81. The van der Waals surface area contributed by atoms with Crippen molar-refractivity contribution in [3.05, 3.63) is 0 Å². The molecule has 52 valence electrons. The van der Waals surface area contributed by atoms with E-state index >= 15 is 0 Å². The van der Waals surface area contributed by atoms with Crippen LogP contribution in [0.2, 0.25) is 0 Å². The molecule has 0 radical (unpaired) electrons. The molecule has 0 spiro atoms. The molecule has 10 heavy (non-hydrogen) atoms. The van der Waals surface area contributed by atoms with Crippen LogP contribution in [0.5, 0.6) is 0 Å². The average Bonchev–Trinajstić information content (AvgIpc) is 1.98. The summed E-state index contributed by atoms with van der Waals surface area (Å²) < 4.78 is 0. The van der Waals surface area contributed by atoms with E-state index < -0.39 is 6.10 Å². The van der Waals surface area contributed by atoms with Crippen molar-refractivity contribution in [3.63, 3.8) is 0 Å². The highest BCUT2D eigenvalue weighted by Crippen LogP contribution is 1.83. The van der Waals surface area contributed by atoms with Crippen LogP contribution >= 0.6 is 0 Å². The van der Waals surface area contributed by atoms with Crippen LogP contribution < -0.4 is 0 Å². The molecule has 0 heterocycles. The minimum absolute atomic E-state index is 0.465. The van der Waals surface area contributed by atoms with Crippen molar-refractivity contribution in [2.45, 2.75) is 19.4 Å². The topological polar surface area (TPSA) is 37.3 Å². The molecular formula is C8H8O2. The Labute approximate surface area is 60.2 Å². The van der Waals surface area contributed by atoms with E-state index in [4.69, 9.17) is 5.11 Å². The molecule has 0 aromatic heterocycles. The van der Waals surface area contributed by atoms with Crippen molar-refractivity contribution < 1.29 is 9.90 Å². The molecule has 0 rings (SSSR count). The van der Waals surface area contributed by atoms with Crippen LogP contribution in [0.15, 0.2) is 0 Å². The lowest BCUT2D eigenvalue weighted by Gasteiger charge is -1.91. The molecule has 1 atom stereocenters. The fourth-order valence-electron chi connectivity index (χ4n) is 0.287. The third-order valence-electron chi connectivity index (χ3n) is 0.819. The molecule has 0 saturated heterocycles. The molecule has 0 saturated carbocycles. The number of aliphatic hydroxyl groups is 1. The molecular weight excluding hydrogens is 128 g/mol. The van der Waals surface area contributed by atoms with Crippen LogP contribution in [-0.4, -0.2) is 17.5 Å². The molecule has 0 unspecified atom stereocenters. The Morgan fingerprint density at radius 3 is 2.80 bits per heavy atom. The summed E-state index contributed by atoms with van der Waals surface area (Å²) in [6, 6.07) is 0. The number of hydrogen-bond acceptors (Lipinski definition) is 2. The first-order valence-electron chi connectivity index (χ1n) is 2.94. The Balaban J connectivity index is 3.79. The van der Waals surface area contributed by atoms with Gasteiger partial charge in [0.25, 0.3) is 0 Å². The number of carbonyl (C=O) groups is 1. The second kappa shape index (κ2) is 5.88. The summed E-state index contributed by atoms with van der Waals surface area (Å²) in [6.07, 6.45) is 0.420. The minimum Gasteiger partial charge on any atom is -0.380 e. The van der Waals surface area contributed by atoms with Gasteiger partial charge in [0.15, 0.2) is 6.29 Å². The van der Waals surface area contributed by atoms with Crippen LogP contribution in [0.4, 0.5) is 0 Å². The monoisotopic (exact) mass is 136 g/mol. The summed E-state index contributed by atoms with van der Waals surface area (Å²) in [7, 11) is 0. The van der Waals surface area contributed by atoms with Gasteiger partial charge in [-0.15, -0.1) is 0 Å². The molecule has 0 aliphatic heterocycles. The van der Waals surface area contributed by atoms with E-state index in [0.29, 0.717) is 12.7 Å². The summed E-state index contributed by atoms with van der Waals surface area (Å²) in [4.78, 5) is 9.62. The summed E-state index contributed by atoms with van der Waals surface area (Å²) in [6.45, 7) is 1.81. The van der Waals surface area contributed by atoms with Crippen LogP contribution in [-0.2, 0) is 4.79 Å². The zero-order valence-electron chi connectivity index (χ0n) is 5.72. The van der Waals surface area contributed by atoms with Crippen molar-refractivity contribution in [2.24, 2.45) is 0 Å². The maximum Gasteiger partial charge on any atom is 0.193 e. The van der Waals surface area contributed by atoms with Gasteiger partial charge in [-0.05, 0) is 24.2 Å². The Morgan fingerprint density at radius 2 is 2.30 bits per heavy atom. The van der Waals surface area contributed by atoms with Gasteiger partial charge in [-0.25, -0.2) is 0 Å². The third-order valence-corrected chi connectivity index (χ3v) is 0.819. The van der Waals surface area contributed by atoms with E-state index in [9.17, 15) is 4.79 Å². The first-order valence-corrected chi connectivity index (χ1v) is 2.94. The SMILES string of the molecule is CC[C@H](O)C#CC#CC=O. The number of hydrogen-bond donors (Lipinski definition) is 1. The molecule has 1 N–H and O–H groups in total. The number of aldehydes is 1. The van der Waals surface area contributed by atoms with Crippen molar-refractivity contribution in [1.82, 2.24) is 0 Å². The number of aliphatic hydroxyl groups excluding tert-OH is 1. The fourth-order valence-corrected chi connectivity index (χ4v) is 0.287. The highest BCUT2D eigenvalue weighted by atomic mass is 16.3. The number of rotatable bonds is 1. The van der Waals surface area contributed by atoms with Crippen LogP contribution in [0.1, 0.15) is 13.3 Å². The minimum atomic E-state index is -0.624. The summed E-state index contributed by atoms with van der Waals surface area (Å²) >= 11 is 0. The predicted molar refractivity (Wildman–Crippen MR) is 37.9 cm³/mol. The van der Waals surface area contributed by atoms with Crippen molar-refractivity contribution in [1.29, 1.82) is 0 Å². The molecule has 0 aliphatic rings. The van der Waals surface area contributed by atoms with Crippen LogP contribution in [0, 0.1) is 23.7 Å². The average molecular weight is 136 g/mol. The molecule has 0 amide bonds. The van der Waals surface area contributed by atoms with Gasteiger partial charge < -0.3 is 5.11 Å². The van der Waals surface area contributed by atoms with Crippen molar-refractivity contribution in [3.8, 4) is 23.7 Å². The lowest BCUT2D eigenvalue weighted by molar-refractivity contribution is -0.103. The Morgan fingerprint density at radius 1 is 1.60 bits per heavy atom. The molecule has 0 bridgehead atoms. The highest BCUT2D eigenvalue weighted by Gasteiger charge is 1.88. The van der Waals surface area contributed by atoms with E-state index in [1.807, 2.05) is 6.92 Å². The Hall–Kier alpha value is -1.25. The molecule has 0 aromatic rings. The van der Waals surface area contributed by atoms with Gasteiger partial charge in [-0.1, -0.05) is 12.8 Å². The smallest absolute Gasteiger partial charge is 0.193 e.